The van der Waals surface area contributed by atoms with Crippen LogP contribution >= 0.6 is 11.3 Å². The second kappa shape index (κ2) is 6.49. The van der Waals surface area contributed by atoms with Crippen LogP contribution in [0.15, 0.2) is 53.9 Å². The molecular weight excluding hydrogens is 341 g/mol. The van der Waals surface area contributed by atoms with Crippen LogP contribution in [0.4, 0.5) is 4.39 Å². The summed E-state index contributed by atoms with van der Waals surface area (Å²) in [5.74, 6) is 0.792. The Morgan fingerprint density at radius 2 is 1.92 bits per heavy atom. The minimum absolute atomic E-state index is 0.144. The van der Waals surface area contributed by atoms with Gasteiger partial charge in [-0.2, -0.15) is 0 Å². The van der Waals surface area contributed by atoms with Gasteiger partial charge in [0, 0.05) is 16.5 Å². The summed E-state index contributed by atoms with van der Waals surface area (Å²) in [6.07, 6.45) is 3.14. The number of nitrogens with zero attached hydrogens (tertiary/aromatic N) is 1. The van der Waals surface area contributed by atoms with E-state index in [9.17, 15) is 9.18 Å². The molecule has 25 heavy (non-hydrogen) atoms. The lowest BCUT2D eigenvalue weighted by Gasteiger charge is -1.98. The second-order valence-electron chi connectivity index (χ2n) is 5.35. The fourth-order valence-corrected chi connectivity index (χ4v) is 3.19. The summed E-state index contributed by atoms with van der Waals surface area (Å²) >= 11 is 1.44. The van der Waals surface area contributed by atoms with Crippen LogP contribution in [-0.2, 0) is 0 Å². The fourth-order valence-electron chi connectivity index (χ4n) is 2.39. The molecule has 3 aromatic rings. The van der Waals surface area contributed by atoms with E-state index in [0.29, 0.717) is 22.8 Å². The number of allylic oxidation sites excluding steroid dienone is 1. The Morgan fingerprint density at radius 1 is 1.12 bits per heavy atom. The summed E-state index contributed by atoms with van der Waals surface area (Å²) in [4.78, 5) is 16.7. The van der Waals surface area contributed by atoms with E-state index >= 15 is 0 Å². The molecule has 0 bridgehead atoms. The number of benzene rings is 2. The molecule has 4 rings (SSSR count). The predicted molar refractivity (Wildman–Crippen MR) is 93.4 cm³/mol. The van der Waals surface area contributed by atoms with Gasteiger partial charge in [0.2, 0.25) is 6.79 Å². The highest BCUT2D eigenvalue weighted by molar-refractivity contribution is 7.13. The van der Waals surface area contributed by atoms with E-state index in [4.69, 9.17) is 9.47 Å². The molecule has 124 valence electrons. The quantitative estimate of drug-likeness (QED) is 0.509. The van der Waals surface area contributed by atoms with Gasteiger partial charge in [-0.05, 0) is 54.6 Å². The Balaban J connectivity index is 1.50. The van der Waals surface area contributed by atoms with Crippen molar-refractivity contribution in [2.24, 2.45) is 0 Å². The number of rotatable bonds is 4. The molecule has 4 nitrogen and oxygen atoms in total. The normalized spacial score (nSPS) is 12.7. The molecule has 0 radical (unpaired) electrons. The van der Waals surface area contributed by atoms with Gasteiger partial charge < -0.3 is 9.47 Å². The van der Waals surface area contributed by atoms with E-state index in [0.717, 1.165) is 10.6 Å². The van der Waals surface area contributed by atoms with Gasteiger partial charge in [0.25, 0.3) is 0 Å². The molecule has 0 spiro atoms. The second-order valence-corrected chi connectivity index (χ2v) is 6.21. The summed E-state index contributed by atoms with van der Waals surface area (Å²) in [6.45, 7) is 0.174. The molecule has 0 N–H and O–H groups in total. The molecule has 2 heterocycles. The van der Waals surface area contributed by atoms with Crippen LogP contribution in [-0.4, -0.2) is 17.6 Å². The highest BCUT2D eigenvalue weighted by atomic mass is 32.1. The van der Waals surface area contributed by atoms with Crippen LogP contribution in [0.2, 0.25) is 0 Å². The number of fused-ring (bicyclic) bond motifs is 1. The lowest BCUT2D eigenvalue weighted by molar-refractivity contribution is 0.104. The number of carbonyl (C=O) groups excluding carboxylic acids is 1. The summed E-state index contributed by atoms with van der Waals surface area (Å²) in [5.41, 5.74) is 2.04. The van der Waals surface area contributed by atoms with Gasteiger partial charge in [-0.25, -0.2) is 9.37 Å². The standard InChI is InChI=1S/C19H12FNO3S/c20-14-4-1-12(2-5-14)19-21-15(10-25-19)6-7-16(22)13-3-8-17-18(9-13)24-11-23-17/h1-10H,11H2/b7-6+. The van der Waals surface area contributed by atoms with Crippen LogP contribution in [0, 0.1) is 5.82 Å². The molecule has 0 unspecified atom stereocenters. The summed E-state index contributed by atoms with van der Waals surface area (Å²) < 4.78 is 23.5. The molecule has 0 saturated carbocycles. The van der Waals surface area contributed by atoms with E-state index in [1.54, 1.807) is 36.4 Å². The number of hydrogen-bond donors (Lipinski definition) is 0. The molecular formula is C19H12FNO3S. The molecule has 0 atom stereocenters. The van der Waals surface area contributed by atoms with Crippen LogP contribution in [0.5, 0.6) is 11.5 Å². The maximum absolute atomic E-state index is 13.0. The van der Waals surface area contributed by atoms with Crippen LogP contribution in [0.1, 0.15) is 16.1 Å². The monoisotopic (exact) mass is 353 g/mol. The van der Waals surface area contributed by atoms with Gasteiger partial charge >= 0.3 is 0 Å². The van der Waals surface area contributed by atoms with Gasteiger partial charge in [0.15, 0.2) is 17.3 Å². The lowest BCUT2D eigenvalue weighted by atomic mass is 10.1. The van der Waals surface area contributed by atoms with Crippen molar-refractivity contribution < 1.29 is 18.7 Å². The van der Waals surface area contributed by atoms with E-state index in [2.05, 4.69) is 4.98 Å². The topological polar surface area (TPSA) is 48.4 Å². The third kappa shape index (κ3) is 3.29. The van der Waals surface area contributed by atoms with Crippen molar-refractivity contribution in [3.05, 3.63) is 71.0 Å². The average molecular weight is 353 g/mol. The third-order valence-corrected chi connectivity index (χ3v) is 4.59. The van der Waals surface area contributed by atoms with E-state index < -0.39 is 0 Å². The zero-order valence-electron chi connectivity index (χ0n) is 12.9. The molecule has 1 aliphatic rings. The maximum Gasteiger partial charge on any atom is 0.231 e. The van der Waals surface area contributed by atoms with Crippen molar-refractivity contribution in [1.82, 2.24) is 4.98 Å². The van der Waals surface area contributed by atoms with Gasteiger partial charge in [-0.3, -0.25) is 4.79 Å². The predicted octanol–water partition coefficient (Wildman–Crippen LogP) is 4.57. The highest BCUT2D eigenvalue weighted by Crippen LogP contribution is 2.32. The molecule has 0 fully saturated rings. The smallest absolute Gasteiger partial charge is 0.231 e. The first kappa shape index (κ1) is 15.5. The molecule has 6 heteroatoms. The zero-order valence-corrected chi connectivity index (χ0v) is 13.8. The molecule has 0 saturated heterocycles. The minimum atomic E-state index is -0.283. The summed E-state index contributed by atoms with van der Waals surface area (Å²) in [5, 5.41) is 2.62. The maximum atomic E-state index is 13.0. The van der Waals surface area contributed by atoms with E-state index in [1.807, 2.05) is 5.38 Å². The highest BCUT2D eigenvalue weighted by Gasteiger charge is 2.15. The van der Waals surface area contributed by atoms with Gasteiger partial charge in [0.05, 0.1) is 5.69 Å². The number of aromatic nitrogens is 1. The van der Waals surface area contributed by atoms with E-state index in [-0.39, 0.29) is 18.4 Å². The van der Waals surface area contributed by atoms with Gasteiger partial charge in [-0.15, -0.1) is 11.3 Å². The Kier molecular flexibility index (Phi) is 4.03. The largest absolute Gasteiger partial charge is 0.454 e. The van der Waals surface area contributed by atoms with Gasteiger partial charge in [-0.1, -0.05) is 0 Å². The Hall–Kier alpha value is -2.99. The van der Waals surface area contributed by atoms with Crippen molar-refractivity contribution in [2.45, 2.75) is 0 Å². The van der Waals surface area contributed by atoms with Crippen LogP contribution in [0.3, 0.4) is 0 Å². The average Bonchev–Trinajstić information content (AvgIpc) is 3.29. The zero-order chi connectivity index (χ0) is 17.2. The van der Waals surface area contributed by atoms with Crippen molar-refractivity contribution >= 4 is 23.2 Å². The minimum Gasteiger partial charge on any atom is -0.454 e. The van der Waals surface area contributed by atoms with Crippen molar-refractivity contribution in [1.29, 1.82) is 0 Å². The van der Waals surface area contributed by atoms with Gasteiger partial charge in [0.1, 0.15) is 10.8 Å². The number of thiazole rings is 1. The molecule has 0 amide bonds. The molecule has 1 aliphatic heterocycles. The summed E-state index contributed by atoms with van der Waals surface area (Å²) in [6, 6.07) is 11.2. The Labute approximate surface area is 147 Å². The third-order valence-electron chi connectivity index (χ3n) is 3.68. The fraction of sp³-hybridized carbons (Fsp3) is 0.0526. The molecule has 0 aliphatic carbocycles. The summed E-state index contributed by atoms with van der Waals surface area (Å²) in [7, 11) is 0. The first-order valence-corrected chi connectivity index (χ1v) is 8.40. The number of ketones is 1. The Morgan fingerprint density at radius 3 is 2.76 bits per heavy atom. The van der Waals surface area contributed by atoms with Crippen molar-refractivity contribution in [3.63, 3.8) is 0 Å². The van der Waals surface area contributed by atoms with Crippen molar-refractivity contribution in [2.75, 3.05) is 6.79 Å². The number of ether oxygens (including phenoxy) is 2. The first-order valence-electron chi connectivity index (χ1n) is 7.52. The SMILES string of the molecule is O=C(/C=C/c1csc(-c2ccc(F)cc2)n1)c1ccc2c(c1)OCO2. The van der Waals surface area contributed by atoms with Crippen molar-refractivity contribution in [3.8, 4) is 22.1 Å². The number of halogens is 1. The van der Waals surface area contributed by atoms with E-state index in [1.165, 1.54) is 29.5 Å². The lowest BCUT2D eigenvalue weighted by Crippen LogP contribution is -1.94. The molecule has 2 aromatic carbocycles. The first-order chi connectivity index (χ1) is 12.2. The van der Waals surface area contributed by atoms with Crippen LogP contribution in [0.25, 0.3) is 16.6 Å². The Bertz CT molecular complexity index is 963. The molecule has 1 aromatic heterocycles. The number of carbonyl (C=O) groups is 1. The number of hydrogen-bond acceptors (Lipinski definition) is 5. The van der Waals surface area contributed by atoms with Crippen LogP contribution < -0.4 is 9.47 Å².